The van der Waals surface area contributed by atoms with Gasteiger partial charge in [-0.2, -0.15) is 0 Å². The average Bonchev–Trinajstić information content (AvgIpc) is 3.06. The molecule has 0 aromatic heterocycles. The molecule has 2 aromatic rings. The third kappa shape index (κ3) is 12.2. The third-order valence-corrected chi connectivity index (χ3v) is 6.14. The fraction of sp³-hybridized carbons (Fsp3) is 0.412. The Hall–Kier alpha value is -3.06. The molecule has 2 aromatic carbocycles. The van der Waals surface area contributed by atoms with Crippen LogP contribution in [0, 0.1) is 12.8 Å². The van der Waals surface area contributed by atoms with Gasteiger partial charge in [-0.15, -0.1) is 12.8 Å². The summed E-state index contributed by atoms with van der Waals surface area (Å²) in [6, 6.07) is 12.9. The number of hydrogen-bond acceptors (Lipinski definition) is 3. The van der Waals surface area contributed by atoms with Crippen molar-refractivity contribution in [1.82, 2.24) is 5.32 Å². The van der Waals surface area contributed by atoms with Crippen LogP contribution in [0.25, 0.3) is 10.8 Å². The highest BCUT2D eigenvalue weighted by molar-refractivity contribution is 5.87. The number of benzene rings is 2. The highest BCUT2D eigenvalue weighted by atomic mass is 16.5. The molecular weight excluding hydrogens is 454 g/mol. The minimum Gasteiger partial charge on any atom is -0.497 e. The molecular formula is C34H47NO2. The molecule has 3 rings (SSSR count). The van der Waals surface area contributed by atoms with E-state index in [0.717, 1.165) is 57.4 Å². The molecule has 0 atom stereocenters. The average molecular weight is 502 g/mol. The standard InChI is InChI=1S/C30H39NO2.C2H6.C2H2/c1-24(23-32-2)13-14-25-9-6-4-5-7-10-26(21-25)17-19-31-20-18-28-12-8-11-27-15-16-29(33-3)22-30(27)28;2*1-2/h4-5,8,10-16,22,31H,6-7,9,17-21,23H2,1-3H3;1-2H3;1-2H/b5-4-,24-13+,25-14-,26-10?;;. The Balaban J connectivity index is 0.00000163. The van der Waals surface area contributed by atoms with E-state index in [1.54, 1.807) is 14.2 Å². The first-order valence-electron chi connectivity index (χ1n) is 13.5. The van der Waals surface area contributed by atoms with E-state index in [0.29, 0.717) is 6.61 Å². The van der Waals surface area contributed by atoms with Crippen molar-refractivity contribution < 1.29 is 9.47 Å². The molecule has 1 aliphatic carbocycles. The number of rotatable bonds is 10. The van der Waals surface area contributed by atoms with Crippen molar-refractivity contribution in [2.45, 2.75) is 59.3 Å². The fourth-order valence-corrected chi connectivity index (χ4v) is 4.30. The second-order valence-electron chi connectivity index (χ2n) is 8.81. The molecule has 3 nitrogen and oxygen atoms in total. The van der Waals surface area contributed by atoms with Crippen molar-refractivity contribution in [3.8, 4) is 18.6 Å². The summed E-state index contributed by atoms with van der Waals surface area (Å²) in [5.74, 6) is 0.917. The molecule has 0 bridgehead atoms. The van der Waals surface area contributed by atoms with Crippen LogP contribution in [0.4, 0.5) is 0 Å². The highest BCUT2D eigenvalue weighted by Gasteiger charge is 2.06. The molecule has 0 unspecified atom stereocenters. The Morgan fingerprint density at radius 1 is 1.03 bits per heavy atom. The molecule has 0 fully saturated rings. The van der Waals surface area contributed by atoms with Crippen LogP contribution in [-0.2, 0) is 11.2 Å². The zero-order chi connectivity index (χ0) is 27.3. The number of allylic oxidation sites excluding steroid dienone is 6. The van der Waals surface area contributed by atoms with E-state index in [2.05, 4.69) is 85.8 Å². The van der Waals surface area contributed by atoms with Gasteiger partial charge in [0.1, 0.15) is 5.75 Å². The van der Waals surface area contributed by atoms with Gasteiger partial charge in [0.15, 0.2) is 0 Å². The van der Waals surface area contributed by atoms with Crippen molar-refractivity contribution in [2.24, 2.45) is 0 Å². The van der Waals surface area contributed by atoms with Gasteiger partial charge in [0.25, 0.3) is 0 Å². The lowest BCUT2D eigenvalue weighted by molar-refractivity contribution is 0.226. The van der Waals surface area contributed by atoms with Gasteiger partial charge in [-0.25, -0.2) is 0 Å². The molecule has 0 amide bonds. The van der Waals surface area contributed by atoms with Gasteiger partial charge in [-0.3, -0.25) is 0 Å². The molecule has 0 aliphatic heterocycles. The smallest absolute Gasteiger partial charge is 0.119 e. The van der Waals surface area contributed by atoms with Crippen LogP contribution >= 0.6 is 0 Å². The molecule has 0 saturated carbocycles. The summed E-state index contributed by atoms with van der Waals surface area (Å²) in [5.41, 5.74) is 5.67. The van der Waals surface area contributed by atoms with E-state index < -0.39 is 0 Å². The summed E-state index contributed by atoms with van der Waals surface area (Å²) in [6.07, 6.45) is 26.0. The predicted molar refractivity (Wildman–Crippen MR) is 162 cm³/mol. The maximum absolute atomic E-state index is 5.43. The van der Waals surface area contributed by atoms with Gasteiger partial charge in [-0.1, -0.05) is 79.6 Å². The highest BCUT2D eigenvalue weighted by Crippen LogP contribution is 2.25. The summed E-state index contributed by atoms with van der Waals surface area (Å²) in [7, 11) is 3.48. The third-order valence-electron chi connectivity index (χ3n) is 6.14. The van der Waals surface area contributed by atoms with Gasteiger partial charge >= 0.3 is 0 Å². The van der Waals surface area contributed by atoms with Crippen LogP contribution in [0.2, 0.25) is 0 Å². The summed E-state index contributed by atoms with van der Waals surface area (Å²) in [6.45, 7) is 8.81. The predicted octanol–water partition coefficient (Wildman–Crippen LogP) is 8.22. The topological polar surface area (TPSA) is 30.5 Å². The Morgan fingerprint density at radius 3 is 2.57 bits per heavy atom. The number of hydrogen-bond donors (Lipinski definition) is 1. The molecule has 37 heavy (non-hydrogen) atoms. The van der Waals surface area contributed by atoms with Gasteiger partial charge in [0, 0.05) is 7.11 Å². The minimum atomic E-state index is 0.694. The quantitative estimate of drug-likeness (QED) is 0.202. The van der Waals surface area contributed by atoms with Crippen molar-refractivity contribution >= 4 is 10.8 Å². The van der Waals surface area contributed by atoms with Crippen molar-refractivity contribution in [3.05, 3.63) is 89.1 Å². The van der Waals surface area contributed by atoms with Crippen LogP contribution in [0.3, 0.4) is 0 Å². The van der Waals surface area contributed by atoms with E-state index in [4.69, 9.17) is 9.47 Å². The molecule has 3 heteroatoms. The SMILES string of the molecule is C#C.CC.COC/C(C)=C/C=C1/CC/C=C\CC=C(CCNCCc2cccc3ccc(OC)cc23)C1. The fourth-order valence-electron chi connectivity index (χ4n) is 4.30. The van der Waals surface area contributed by atoms with E-state index in [-0.39, 0.29) is 0 Å². The molecule has 1 N–H and O–H groups in total. The molecule has 0 heterocycles. The molecule has 0 radical (unpaired) electrons. The lowest BCUT2D eigenvalue weighted by atomic mass is 9.98. The van der Waals surface area contributed by atoms with Gasteiger partial charge in [0.05, 0.1) is 13.7 Å². The summed E-state index contributed by atoms with van der Waals surface area (Å²) in [4.78, 5) is 0. The van der Waals surface area contributed by atoms with Crippen LogP contribution < -0.4 is 10.1 Å². The second-order valence-corrected chi connectivity index (χ2v) is 8.81. The van der Waals surface area contributed by atoms with E-state index >= 15 is 0 Å². The number of ether oxygens (including phenoxy) is 2. The summed E-state index contributed by atoms with van der Waals surface area (Å²) in [5, 5.41) is 6.23. The van der Waals surface area contributed by atoms with Crippen molar-refractivity contribution in [2.75, 3.05) is 33.9 Å². The maximum Gasteiger partial charge on any atom is 0.119 e. The Bertz CT molecular complexity index is 1060. The molecule has 200 valence electrons. The Morgan fingerprint density at radius 2 is 1.81 bits per heavy atom. The number of fused-ring (bicyclic) bond motifs is 1. The van der Waals surface area contributed by atoms with Crippen molar-refractivity contribution in [3.63, 3.8) is 0 Å². The zero-order valence-electron chi connectivity index (χ0n) is 23.7. The normalized spacial score (nSPS) is 15.7. The Kier molecular flexibility index (Phi) is 17.3. The lowest BCUT2D eigenvalue weighted by Gasteiger charge is -2.12. The van der Waals surface area contributed by atoms with Crippen LogP contribution in [0.15, 0.2) is 83.5 Å². The second kappa shape index (κ2) is 20.0. The number of nitrogens with one attached hydrogen (secondary N) is 1. The van der Waals surface area contributed by atoms with Crippen LogP contribution in [0.1, 0.15) is 58.4 Å². The number of methoxy groups -OCH3 is 2. The lowest BCUT2D eigenvalue weighted by Crippen LogP contribution is -2.19. The first-order chi connectivity index (χ1) is 18.2. The first-order valence-corrected chi connectivity index (χ1v) is 13.5. The van der Waals surface area contributed by atoms with Gasteiger partial charge in [-0.05, 0) is 92.6 Å². The molecule has 0 saturated heterocycles. The molecule has 1 aliphatic rings. The van der Waals surface area contributed by atoms with E-state index in [1.165, 1.54) is 33.1 Å². The maximum atomic E-state index is 5.43. The summed E-state index contributed by atoms with van der Waals surface area (Å²) >= 11 is 0. The van der Waals surface area contributed by atoms with Crippen LogP contribution in [-0.4, -0.2) is 33.9 Å². The monoisotopic (exact) mass is 501 g/mol. The van der Waals surface area contributed by atoms with Gasteiger partial charge < -0.3 is 14.8 Å². The van der Waals surface area contributed by atoms with E-state index in [1.807, 2.05) is 19.9 Å². The van der Waals surface area contributed by atoms with Crippen LogP contribution in [0.5, 0.6) is 5.75 Å². The Labute approximate surface area is 226 Å². The number of terminal acetylenes is 1. The first kappa shape index (κ1) is 32.0. The zero-order valence-corrected chi connectivity index (χ0v) is 23.7. The molecule has 0 spiro atoms. The largest absolute Gasteiger partial charge is 0.497 e. The van der Waals surface area contributed by atoms with Gasteiger partial charge in [0.2, 0.25) is 0 Å². The minimum absolute atomic E-state index is 0.694. The summed E-state index contributed by atoms with van der Waals surface area (Å²) < 4.78 is 10.7. The van der Waals surface area contributed by atoms with Crippen molar-refractivity contribution in [1.29, 1.82) is 0 Å². The van der Waals surface area contributed by atoms with E-state index in [9.17, 15) is 0 Å².